The number of nitrogens with zero attached hydrogens (tertiary/aromatic N) is 1. The Bertz CT molecular complexity index is 434. The lowest BCUT2D eigenvalue weighted by Crippen LogP contribution is -2.33. The molecule has 0 radical (unpaired) electrons. The van der Waals surface area contributed by atoms with Crippen molar-refractivity contribution in [1.29, 1.82) is 0 Å². The second-order valence-electron chi connectivity index (χ2n) is 5.81. The summed E-state index contributed by atoms with van der Waals surface area (Å²) in [5.74, 6) is 0. The summed E-state index contributed by atoms with van der Waals surface area (Å²) in [4.78, 5) is 2.48. The Morgan fingerprint density at radius 3 is 2.72 bits per heavy atom. The molecular formula is C14H20BrClN2. The second-order valence-corrected chi connectivity index (χ2v) is 7.07. The fourth-order valence-electron chi connectivity index (χ4n) is 2.64. The van der Waals surface area contributed by atoms with Crippen molar-refractivity contribution in [3.63, 3.8) is 0 Å². The van der Waals surface area contributed by atoms with E-state index in [2.05, 4.69) is 46.8 Å². The molecule has 0 aliphatic carbocycles. The SMILES string of the molecule is CC1(C)CCN(C(CN)c2ccc(Cl)c(Br)c2)C1. The molecule has 0 bridgehead atoms. The molecule has 0 saturated carbocycles. The quantitative estimate of drug-likeness (QED) is 0.912. The Morgan fingerprint density at radius 2 is 2.22 bits per heavy atom. The molecular weight excluding hydrogens is 312 g/mol. The van der Waals surface area contributed by atoms with E-state index in [1.165, 1.54) is 12.0 Å². The molecule has 1 heterocycles. The molecule has 100 valence electrons. The standard InChI is InChI=1S/C14H20BrClN2/c1-14(2)5-6-18(9-14)13(8-17)10-3-4-12(16)11(15)7-10/h3-4,7,13H,5-6,8-9,17H2,1-2H3. The maximum Gasteiger partial charge on any atom is 0.0548 e. The Hall–Kier alpha value is -0.0900. The molecule has 1 aromatic rings. The summed E-state index contributed by atoms with van der Waals surface area (Å²) >= 11 is 9.53. The Balaban J connectivity index is 2.21. The van der Waals surface area contributed by atoms with Crippen molar-refractivity contribution in [1.82, 2.24) is 4.90 Å². The molecule has 4 heteroatoms. The molecule has 2 N–H and O–H groups in total. The highest BCUT2D eigenvalue weighted by atomic mass is 79.9. The molecule has 1 aromatic carbocycles. The van der Waals surface area contributed by atoms with Gasteiger partial charge >= 0.3 is 0 Å². The highest BCUT2D eigenvalue weighted by Gasteiger charge is 2.33. The first-order valence-electron chi connectivity index (χ1n) is 6.32. The number of hydrogen-bond donors (Lipinski definition) is 1. The van der Waals surface area contributed by atoms with E-state index in [1.807, 2.05) is 6.07 Å². The highest BCUT2D eigenvalue weighted by Crippen LogP contribution is 2.35. The number of rotatable bonds is 3. The fraction of sp³-hybridized carbons (Fsp3) is 0.571. The first-order chi connectivity index (χ1) is 8.43. The molecule has 1 fully saturated rings. The van der Waals surface area contributed by atoms with E-state index in [9.17, 15) is 0 Å². The maximum atomic E-state index is 6.04. The Kier molecular flexibility index (Phi) is 4.37. The molecule has 0 spiro atoms. The van der Waals surface area contributed by atoms with Gasteiger partial charge in [0.1, 0.15) is 0 Å². The van der Waals surface area contributed by atoms with Gasteiger partial charge in [-0.1, -0.05) is 31.5 Å². The first-order valence-corrected chi connectivity index (χ1v) is 7.49. The van der Waals surface area contributed by atoms with Crippen LogP contribution >= 0.6 is 27.5 Å². The van der Waals surface area contributed by atoms with Gasteiger partial charge in [0.05, 0.1) is 5.02 Å². The summed E-state index contributed by atoms with van der Waals surface area (Å²) in [6.07, 6.45) is 1.23. The van der Waals surface area contributed by atoms with Gasteiger partial charge in [-0.2, -0.15) is 0 Å². The summed E-state index contributed by atoms with van der Waals surface area (Å²) in [5, 5.41) is 0.747. The molecule has 1 atom stereocenters. The van der Waals surface area contributed by atoms with E-state index in [-0.39, 0.29) is 0 Å². The van der Waals surface area contributed by atoms with Crippen molar-refractivity contribution in [2.24, 2.45) is 11.1 Å². The van der Waals surface area contributed by atoms with Crippen molar-refractivity contribution < 1.29 is 0 Å². The summed E-state index contributed by atoms with van der Waals surface area (Å²) < 4.78 is 0.943. The third-order valence-corrected chi connectivity index (χ3v) is 4.91. The zero-order chi connectivity index (χ0) is 13.3. The van der Waals surface area contributed by atoms with Crippen LogP contribution in [0.25, 0.3) is 0 Å². The van der Waals surface area contributed by atoms with Crippen molar-refractivity contribution >= 4 is 27.5 Å². The third kappa shape index (κ3) is 3.08. The molecule has 1 aliphatic rings. The van der Waals surface area contributed by atoms with Crippen molar-refractivity contribution in [3.8, 4) is 0 Å². The van der Waals surface area contributed by atoms with Crippen LogP contribution in [0.15, 0.2) is 22.7 Å². The fourth-order valence-corrected chi connectivity index (χ4v) is 3.15. The van der Waals surface area contributed by atoms with Gasteiger partial charge < -0.3 is 5.73 Å². The Morgan fingerprint density at radius 1 is 1.50 bits per heavy atom. The zero-order valence-corrected chi connectivity index (χ0v) is 13.3. The average molecular weight is 332 g/mol. The minimum atomic E-state index is 0.292. The van der Waals surface area contributed by atoms with E-state index in [0.717, 1.165) is 22.6 Å². The summed E-state index contributed by atoms with van der Waals surface area (Å²) in [6, 6.07) is 6.40. The van der Waals surface area contributed by atoms with Crippen molar-refractivity contribution in [3.05, 3.63) is 33.3 Å². The Labute approximate surface area is 123 Å². The highest BCUT2D eigenvalue weighted by molar-refractivity contribution is 9.10. The van der Waals surface area contributed by atoms with Gasteiger partial charge in [-0.3, -0.25) is 4.90 Å². The van der Waals surface area contributed by atoms with Crippen LogP contribution in [-0.4, -0.2) is 24.5 Å². The summed E-state index contributed by atoms with van der Waals surface area (Å²) in [7, 11) is 0. The van der Waals surface area contributed by atoms with Crippen LogP contribution in [0.2, 0.25) is 5.02 Å². The van der Waals surface area contributed by atoms with Gasteiger partial charge in [0, 0.05) is 23.6 Å². The van der Waals surface area contributed by atoms with Crippen LogP contribution in [0.1, 0.15) is 31.9 Å². The molecule has 2 rings (SSSR count). The number of benzene rings is 1. The summed E-state index contributed by atoms with van der Waals surface area (Å²) in [6.45, 7) is 7.51. The minimum Gasteiger partial charge on any atom is -0.329 e. The average Bonchev–Trinajstić information content (AvgIpc) is 2.65. The predicted octanol–water partition coefficient (Wildman–Crippen LogP) is 3.83. The first kappa shape index (κ1) is 14.3. The smallest absolute Gasteiger partial charge is 0.0548 e. The van der Waals surface area contributed by atoms with Crippen LogP contribution < -0.4 is 5.73 Å². The summed E-state index contributed by atoms with van der Waals surface area (Å²) in [5.41, 5.74) is 7.61. The van der Waals surface area contributed by atoms with Gasteiger partial charge in [0.2, 0.25) is 0 Å². The lowest BCUT2D eigenvalue weighted by Gasteiger charge is -2.28. The van der Waals surface area contributed by atoms with Gasteiger partial charge in [0.25, 0.3) is 0 Å². The lowest BCUT2D eigenvalue weighted by molar-refractivity contribution is 0.223. The molecule has 0 aromatic heterocycles. The largest absolute Gasteiger partial charge is 0.329 e. The second kappa shape index (κ2) is 5.49. The van der Waals surface area contributed by atoms with Gasteiger partial charge in [-0.25, -0.2) is 0 Å². The van der Waals surface area contributed by atoms with Crippen LogP contribution in [0, 0.1) is 5.41 Å². The molecule has 1 aliphatic heterocycles. The van der Waals surface area contributed by atoms with E-state index < -0.39 is 0 Å². The van der Waals surface area contributed by atoms with Crippen LogP contribution in [0.5, 0.6) is 0 Å². The molecule has 0 amide bonds. The number of halogens is 2. The molecule has 1 saturated heterocycles. The minimum absolute atomic E-state index is 0.292. The zero-order valence-electron chi connectivity index (χ0n) is 10.9. The van der Waals surface area contributed by atoms with Gasteiger partial charge in [-0.15, -0.1) is 0 Å². The van der Waals surface area contributed by atoms with E-state index in [0.29, 0.717) is 18.0 Å². The van der Waals surface area contributed by atoms with Gasteiger partial charge in [0.15, 0.2) is 0 Å². The van der Waals surface area contributed by atoms with Crippen molar-refractivity contribution in [2.45, 2.75) is 26.3 Å². The lowest BCUT2D eigenvalue weighted by atomic mass is 9.93. The molecule has 18 heavy (non-hydrogen) atoms. The van der Waals surface area contributed by atoms with Crippen LogP contribution in [0.3, 0.4) is 0 Å². The van der Waals surface area contributed by atoms with Gasteiger partial charge in [-0.05, 0) is 52.0 Å². The predicted molar refractivity (Wildman–Crippen MR) is 80.9 cm³/mol. The maximum absolute atomic E-state index is 6.04. The van der Waals surface area contributed by atoms with E-state index in [1.54, 1.807) is 0 Å². The molecule has 1 unspecified atom stereocenters. The normalized spacial score (nSPS) is 21.2. The number of likely N-dealkylation sites (tertiary alicyclic amines) is 1. The third-order valence-electron chi connectivity index (χ3n) is 3.70. The van der Waals surface area contributed by atoms with Crippen molar-refractivity contribution in [2.75, 3.05) is 19.6 Å². The molecule has 2 nitrogen and oxygen atoms in total. The monoisotopic (exact) mass is 330 g/mol. The van der Waals surface area contributed by atoms with Crippen LogP contribution in [-0.2, 0) is 0 Å². The topological polar surface area (TPSA) is 29.3 Å². The van der Waals surface area contributed by atoms with E-state index in [4.69, 9.17) is 17.3 Å². The number of hydrogen-bond acceptors (Lipinski definition) is 2. The van der Waals surface area contributed by atoms with Crippen LogP contribution in [0.4, 0.5) is 0 Å². The number of nitrogens with two attached hydrogens (primary N) is 1. The van der Waals surface area contributed by atoms with E-state index >= 15 is 0 Å².